The van der Waals surface area contributed by atoms with Gasteiger partial charge in [0.25, 0.3) is 0 Å². The van der Waals surface area contributed by atoms with Gasteiger partial charge in [0.1, 0.15) is 11.5 Å². The second kappa shape index (κ2) is 8.29. The molecule has 6 nitrogen and oxygen atoms in total. The molecule has 0 aromatic rings. The van der Waals surface area contributed by atoms with E-state index in [9.17, 15) is 9.59 Å². The van der Waals surface area contributed by atoms with Gasteiger partial charge in [-0.1, -0.05) is 0 Å². The van der Waals surface area contributed by atoms with E-state index in [0.717, 1.165) is 18.5 Å². The Morgan fingerprint density at radius 3 is 2.76 bits per heavy atom. The number of hydrogen-bond donors (Lipinski definition) is 1. The van der Waals surface area contributed by atoms with Crippen LogP contribution in [0.4, 0.5) is 4.79 Å². The number of methoxy groups -OCH3 is 1. The van der Waals surface area contributed by atoms with Crippen molar-refractivity contribution in [3.63, 3.8) is 0 Å². The third-order valence-electron chi connectivity index (χ3n) is 2.65. The van der Waals surface area contributed by atoms with Crippen molar-refractivity contribution in [2.24, 2.45) is 0 Å². The molecule has 1 unspecified atom stereocenters. The number of hydrogen-bond acceptors (Lipinski definition) is 7. The first-order chi connectivity index (χ1) is 9.81. The van der Waals surface area contributed by atoms with Crippen LogP contribution in [0.1, 0.15) is 27.2 Å². The lowest BCUT2D eigenvalue weighted by Gasteiger charge is -2.26. The summed E-state index contributed by atoms with van der Waals surface area (Å²) < 4.78 is 14.6. The first kappa shape index (κ1) is 17.8. The maximum Gasteiger partial charge on any atom is 0.508 e. The number of thioether (sulfide) groups is 1. The minimum atomic E-state index is -0.700. The summed E-state index contributed by atoms with van der Waals surface area (Å²) in [7, 11) is 1.27. The van der Waals surface area contributed by atoms with Crippen LogP contribution in [0.3, 0.4) is 0 Å². The molecule has 0 amide bonds. The molecule has 120 valence electrons. The van der Waals surface area contributed by atoms with Crippen LogP contribution >= 0.6 is 11.8 Å². The highest BCUT2D eigenvalue weighted by Gasteiger charge is 2.22. The Morgan fingerprint density at radius 2 is 2.14 bits per heavy atom. The molecule has 0 saturated carbocycles. The molecular formula is C14H23NO5S. The molecule has 1 N–H and O–H groups in total. The van der Waals surface area contributed by atoms with Gasteiger partial charge in [-0.05, 0) is 39.3 Å². The predicted molar refractivity (Wildman–Crippen MR) is 81.2 cm³/mol. The average molecular weight is 317 g/mol. The van der Waals surface area contributed by atoms with Crippen molar-refractivity contribution < 1.29 is 23.8 Å². The Kier molecular flexibility index (Phi) is 7.04. The van der Waals surface area contributed by atoms with Crippen LogP contribution in [0.25, 0.3) is 0 Å². The molecule has 0 spiro atoms. The van der Waals surface area contributed by atoms with Gasteiger partial charge in [-0.25, -0.2) is 9.59 Å². The first-order valence-electron chi connectivity index (χ1n) is 6.78. The van der Waals surface area contributed by atoms with Gasteiger partial charge < -0.3 is 19.5 Å². The van der Waals surface area contributed by atoms with Gasteiger partial charge in [0.05, 0.1) is 7.11 Å². The van der Waals surface area contributed by atoms with E-state index < -0.39 is 11.8 Å². The topological polar surface area (TPSA) is 73.9 Å². The monoisotopic (exact) mass is 317 g/mol. The largest absolute Gasteiger partial charge is 0.508 e. The van der Waals surface area contributed by atoms with Gasteiger partial charge in [-0.3, -0.25) is 0 Å². The van der Waals surface area contributed by atoms with Gasteiger partial charge in [0, 0.05) is 17.9 Å². The molecule has 0 bridgehead atoms. The molecule has 1 rings (SSSR count). The van der Waals surface area contributed by atoms with E-state index in [4.69, 9.17) is 9.47 Å². The molecule has 0 aromatic heterocycles. The summed E-state index contributed by atoms with van der Waals surface area (Å²) in [6.45, 7) is 6.99. The van der Waals surface area contributed by atoms with Gasteiger partial charge in [0.2, 0.25) is 0 Å². The normalized spacial score (nSPS) is 21.0. The first-order valence-corrected chi connectivity index (χ1v) is 7.83. The number of ether oxygens (including phenoxy) is 3. The lowest BCUT2D eigenvalue weighted by Crippen LogP contribution is -2.33. The Hall–Kier alpha value is -1.21. The smallest absolute Gasteiger partial charge is 0.457 e. The molecule has 0 aliphatic carbocycles. The lowest BCUT2D eigenvalue weighted by molar-refractivity contribution is -0.148. The number of carbonyl (C=O) groups is 2. The van der Waals surface area contributed by atoms with E-state index in [1.165, 1.54) is 24.9 Å². The molecule has 1 saturated heterocycles. The maximum atomic E-state index is 11.9. The summed E-state index contributed by atoms with van der Waals surface area (Å²) in [5.74, 6) is -0.149. The minimum Gasteiger partial charge on any atom is -0.457 e. The van der Waals surface area contributed by atoms with E-state index in [-0.39, 0.29) is 17.2 Å². The van der Waals surface area contributed by atoms with Gasteiger partial charge >= 0.3 is 12.1 Å². The summed E-state index contributed by atoms with van der Waals surface area (Å²) in [4.78, 5) is 22.8. The Balaban J connectivity index is 2.56. The second-order valence-electron chi connectivity index (χ2n) is 5.59. The van der Waals surface area contributed by atoms with E-state index in [2.05, 4.69) is 10.1 Å². The van der Waals surface area contributed by atoms with Gasteiger partial charge in [-0.2, -0.15) is 0 Å². The summed E-state index contributed by atoms with van der Waals surface area (Å²) in [6.07, 6.45) is 1.70. The van der Waals surface area contributed by atoms with Crippen molar-refractivity contribution in [1.29, 1.82) is 0 Å². The number of rotatable bonds is 4. The van der Waals surface area contributed by atoms with Crippen molar-refractivity contribution in [1.82, 2.24) is 5.32 Å². The SMILES string of the molecule is COC(=O)OCSC1CCNC/C1=C/C(=O)OC(C)(C)C. The van der Waals surface area contributed by atoms with Crippen LogP contribution < -0.4 is 5.32 Å². The molecular weight excluding hydrogens is 294 g/mol. The zero-order valence-corrected chi connectivity index (χ0v) is 13.7. The summed E-state index contributed by atoms with van der Waals surface area (Å²) >= 11 is 1.47. The van der Waals surface area contributed by atoms with Crippen molar-refractivity contribution >= 4 is 23.9 Å². The molecule has 1 atom stereocenters. The van der Waals surface area contributed by atoms with E-state index >= 15 is 0 Å². The highest BCUT2D eigenvalue weighted by Crippen LogP contribution is 2.25. The molecule has 7 heteroatoms. The summed E-state index contributed by atoms with van der Waals surface area (Å²) in [5.41, 5.74) is 0.446. The van der Waals surface area contributed by atoms with Crippen LogP contribution in [-0.4, -0.2) is 49.1 Å². The fourth-order valence-corrected chi connectivity index (χ4v) is 2.78. The van der Waals surface area contributed by atoms with Crippen molar-refractivity contribution in [3.05, 3.63) is 11.6 Å². The summed E-state index contributed by atoms with van der Waals surface area (Å²) in [5, 5.41) is 3.35. The van der Waals surface area contributed by atoms with Crippen LogP contribution in [0, 0.1) is 0 Å². The fraction of sp³-hybridized carbons (Fsp3) is 0.714. The van der Waals surface area contributed by atoms with E-state index in [1.54, 1.807) is 0 Å². The standard InChI is InChI=1S/C14H23NO5S/c1-14(2,3)20-12(16)7-10-8-15-6-5-11(10)21-9-19-13(17)18-4/h7,11,15H,5-6,8-9H2,1-4H3/b10-7-. The Labute approximate surface area is 129 Å². The number of carbonyl (C=O) groups excluding carboxylic acids is 2. The second-order valence-corrected chi connectivity index (χ2v) is 6.73. The zero-order valence-electron chi connectivity index (χ0n) is 12.9. The maximum absolute atomic E-state index is 11.9. The third-order valence-corrected chi connectivity index (χ3v) is 3.84. The zero-order chi connectivity index (χ0) is 15.9. The molecule has 0 aromatic carbocycles. The molecule has 1 aliphatic rings. The minimum absolute atomic E-state index is 0.128. The predicted octanol–water partition coefficient (Wildman–Crippen LogP) is 2.09. The quantitative estimate of drug-likeness (QED) is 0.483. The number of piperidine rings is 1. The molecule has 1 aliphatic heterocycles. The van der Waals surface area contributed by atoms with Gasteiger partial charge in [-0.15, -0.1) is 11.8 Å². The Bertz CT molecular complexity index is 403. The number of nitrogens with one attached hydrogen (secondary N) is 1. The van der Waals surface area contributed by atoms with Gasteiger partial charge in [0.15, 0.2) is 0 Å². The van der Waals surface area contributed by atoms with Crippen molar-refractivity contribution in [2.45, 2.75) is 38.0 Å². The van der Waals surface area contributed by atoms with Crippen molar-refractivity contribution in [2.75, 3.05) is 26.1 Å². The summed E-state index contributed by atoms with van der Waals surface area (Å²) in [6, 6.07) is 0. The molecule has 21 heavy (non-hydrogen) atoms. The van der Waals surface area contributed by atoms with E-state index in [0.29, 0.717) is 6.54 Å². The van der Waals surface area contributed by atoms with E-state index in [1.807, 2.05) is 20.8 Å². The molecule has 1 heterocycles. The van der Waals surface area contributed by atoms with Crippen LogP contribution in [0.15, 0.2) is 11.6 Å². The lowest BCUT2D eigenvalue weighted by atomic mass is 10.1. The van der Waals surface area contributed by atoms with Crippen LogP contribution in [-0.2, 0) is 19.0 Å². The molecule has 0 radical (unpaired) electrons. The number of esters is 1. The van der Waals surface area contributed by atoms with Crippen LogP contribution in [0.5, 0.6) is 0 Å². The van der Waals surface area contributed by atoms with Crippen molar-refractivity contribution in [3.8, 4) is 0 Å². The highest BCUT2D eigenvalue weighted by molar-refractivity contribution is 7.99. The fourth-order valence-electron chi connectivity index (χ4n) is 1.81. The molecule has 1 fully saturated rings. The average Bonchev–Trinajstić information content (AvgIpc) is 2.38. The highest BCUT2D eigenvalue weighted by atomic mass is 32.2. The third kappa shape index (κ3) is 7.38. The Morgan fingerprint density at radius 1 is 1.43 bits per heavy atom. The van der Waals surface area contributed by atoms with Crippen LogP contribution in [0.2, 0.25) is 0 Å².